The number of hydrogen-bond donors (Lipinski definition) is 2. The van der Waals surface area contributed by atoms with Gasteiger partial charge < -0.3 is 10.2 Å². The fourth-order valence-corrected chi connectivity index (χ4v) is 3.12. The van der Waals surface area contributed by atoms with Crippen LogP contribution in [0.1, 0.15) is 51.2 Å². The van der Waals surface area contributed by atoms with Crippen LogP contribution in [0.2, 0.25) is 0 Å². The minimum Gasteiger partial charge on any atom is -0.508 e. The van der Waals surface area contributed by atoms with Gasteiger partial charge in [0.25, 0.3) is 0 Å². The molecule has 2 nitrogen and oxygen atoms in total. The molecule has 2 rings (SSSR count). The highest BCUT2D eigenvalue weighted by Crippen LogP contribution is 2.56. The summed E-state index contributed by atoms with van der Waals surface area (Å²) in [6.45, 7) is 8.50. The summed E-state index contributed by atoms with van der Waals surface area (Å²) >= 11 is 0. The Labute approximate surface area is 103 Å². The highest BCUT2D eigenvalue weighted by atomic mass is 16.3. The Bertz CT molecular complexity index is 448. The van der Waals surface area contributed by atoms with Crippen molar-refractivity contribution in [1.29, 1.82) is 0 Å². The van der Waals surface area contributed by atoms with Gasteiger partial charge in [-0.3, -0.25) is 0 Å². The van der Waals surface area contributed by atoms with Crippen LogP contribution in [0, 0.1) is 12.3 Å². The topological polar surface area (TPSA) is 40.5 Å². The monoisotopic (exact) mass is 234 g/mol. The first-order valence-corrected chi connectivity index (χ1v) is 6.31. The van der Waals surface area contributed by atoms with E-state index >= 15 is 0 Å². The predicted molar refractivity (Wildman–Crippen MR) is 69.5 cm³/mol. The normalized spacial score (nSPS) is 27.3. The lowest BCUT2D eigenvalue weighted by molar-refractivity contribution is 0.218. The summed E-state index contributed by atoms with van der Waals surface area (Å²) in [6.07, 6.45) is 3.41. The van der Waals surface area contributed by atoms with E-state index in [0.717, 1.165) is 24.0 Å². The third-order valence-corrected chi connectivity index (χ3v) is 4.88. The Hall–Kier alpha value is -1.18. The van der Waals surface area contributed by atoms with Gasteiger partial charge in [-0.15, -0.1) is 0 Å². The van der Waals surface area contributed by atoms with E-state index in [1.54, 1.807) is 19.1 Å². The molecule has 1 fully saturated rings. The number of benzene rings is 1. The minimum atomic E-state index is -0.0533. The van der Waals surface area contributed by atoms with Crippen LogP contribution in [0.5, 0.6) is 11.5 Å². The van der Waals surface area contributed by atoms with Crippen LogP contribution in [0.4, 0.5) is 0 Å². The van der Waals surface area contributed by atoms with Crippen LogP contribution >= 0.6 is 0 Å². The number of aryl methyl sites for hydroxylation is 1. The van der Waals surface area contributed by atoms with E-state index in [0.29, 0.717) is 5.75 Å². The van der Waals surface area contributed by atoms with E-state index in [-0.39, 0.29) is 16.6 Å². The predicted octanol–water partition coefficient (Wildman–Crippen LogP) is 3.87. The quantitative estimate of drug-likeness (QED) is 0.724. The van der Waals surface area contributed by atoms with Crippen molar-refractivity contribution in [3.63, 3.8) is 0 Å². The average molecular weight is 234 g/mol. The second-order valence-electron chi connectivity index (χ2n) is 6.23. The van der Waals surface area contributed by atoms with Crippen molar-refractivity contribution in [2.75, 3.05) is 0 Å². The largest absolute Gasteiger partial charge is 0.508 e. The first-order valence-electron chi connectivity index (χ1n) is 6.31. The lowest BCUT2D eigenvalue weighted by Crippen LogP contribution is -2.34. The molecule has 0 radical (unpaired) electrons. The lowest BCUT2D eigenvalue weighted by atomic mass is 9.65. The molecule has 0 bridgehead atoms. The smallest absolute Gasteiger partial charge is 0.119 e. The molecule has 1 aliphatic rings. The number of aromatic hydroxyl groups is 2. The Balaban J connectivity index is 2.57. The van der Waals surface area contributed by atoms with Gasteiger partial charge in [-0.2, -0.15) is 0 Å². The van der Waals surface area contributed by atoms with E-state index in [1.165, 1.54) is 6.42 Å². The molecule has 0 aromatic heterocycles. The van der Waals surface area contributed by atoms with Crippen molar-refractivity contribution in [2.45, 2.75) is 52.4 Å². The van der Waals surface area contributed by atoms with Crippen LogP contribution in [0.15, 0.2) is 12.1 Å². The van der Waals surface area contributed by atoms with Crippen molar-refractivity contribution in [3.8, 4) is 11.5 Å². The number of hydrogen-bond acceptors (Lipinski definition) is 2. The molecule has 1 aliphatic carbocycles. The summed E-state index contributed by atoms with van der Waals surface area (Å²) in [5.41, 5.74) is 1.72. The molecule has 0 heterocycles. The Morgan fingerprint density at radius 2 is 1.65 bits per heavy atom. The van der Waals surface area contributed by atoms with Gasteiger partial charge >= 0.3 is 0 Å². The van der Waals surface area contributed by atoms with Crippen LogP contribution in [0.25, 0.3) is 0 Å². The zero-order valence-electron chi connectivity index (χ0n) is 11.2. The zero-order valence-corrected chi connectivity index (χ0v) is 11.2. The van der Waals surface area contributed by atoms with Gasteiger partial charge in [-0.05, 0) is 42.9 Å². The van der Waals surface area contributed by atoms with Crippen LogP contribution < -0.4 is 0 Å². The molecule has 17 heavy (non-hydrogen) atoms. The fourth-order valence-electron chi connectivity index (χ4n) is 3.12. The number of phenolic OH excluding ortho intramolecular Hbond substituents is 2. The maximum Gasteiger partial charge on any atom is 0.119 e. The minimum absolute atomic E-state index is 0.0533. The van der Waals surface area contributed by atoms with Crippen molar-refractivity contribution in [2.24, 2.45) is 5.41 Å². The van der Waals surface area contributed by atoms with Gasteiger partial charge in [0.1, 0.15) is 11.5 Å². The molecule has 0 spiro atoms. The zero-order chi connectivity index (χ0) is 12.8. The van der Waals surface area contributed by atoms with E-state index in [2.05, 4.69) is 20.8 Å². The van der Waals surface area contributed by atoms with Gasteiger partial charge in [-0.1, -0.05) is 27.2 Å². The van der Waals surface area contributed by atoms with Crippen molar-refractivity contribution in [1.82, 2.24) is 0 Å². The van der Waals surface area contributed by atoms with Gasteiger partial charge in [0.05, 0.1) is 0 Å². The third kappa shape index (κ3) is 1.70. The van der Waals surface area contributed by atoms with Gasteiger partial charge in [0.15, 0.2) is 0 Å². The summed E-state index contributed by atoms with van der Waals surface area (Å²) in [5, 5.41) is 20.0. The molecule has 1 aromatic carbocycles. The molecule has 2 heteroatoms. The molecule has 0 amide bonds. The maximum absolute atomic E-state index is 10.2. The lowest BCUT2D eigenvalue weighted by Gasteiger charge is -2.39. The summed E-state index contributed by atoms with van der Waals surface area (Å²) < 4.78 is 0. The molecule has 0 saturated heterocycles. The van der Waals surface area contributed by atoms with E-state index in [9.17, 15) is 10.2 Å². The third-order valence-electron chi connectivity index (χ3n) is 4.88. The number of rotatable bonds is 1. The van der Waals surface area contributed by atoms with Gasteiger partial charge in [0, 0.05) is 11.0 Å². The van der Waals surface area contributed by atoms with E-state index in [4.69, 9.17) is 0 Å². The Morgan fingerprint density at radius 3 is 2.18 bits per heavy atom. The highest BCUT2D eigenvalue weighted by Gasteiger charge is 2.47. The molecule has 1 atom stereocenters. The first-order chi connectivity index (χ1) is 7.78. The van der Waals surface area contributed by atoms with E-state index < -0.39 is 0 Å². The molecular weight excluding hydrogens is 212 g/mol. The second kappa shape index (κ2) is 3.66. The molecule has 0 aliphatic heterocycles. The van der Waals surface area contributed by atoms with Crippen molar-refractivity contribution in [3.05, 3.63) is 23.3 Å². The standard InChI is InChI=1S/C15H22O2/c1-10-8-13(17)11(9-12(10)16)15(4)7-5-6-14(15,2)3/h8-9,16-17H,5-7H2,1-4H3/t15-/m0/s1. The second-order valence-corrected chi connectivity index (χ2v) is 6.23. The molecule has 1 aromatic rings. The summed E-state index contributed by atoms with van der Waals surface area (Å²) in [4.78, 5) is 0. The molecule has 94 valence electrons. The van der Waals surface area contributed by atoms with Crippen molar-refractivity contribution >= 4 is 0 Å². The molecular formula is C15H22O2. The van der Waals surface area contributed by atoms with Gasteiger partial charge in [0.2, 0.25) is 0 Å². The SMILES string of the molecule is Cc1cc(O)c([C@]2(C)CCCC2(C)C)cc1O. The van der Waals surface area contributed by atoms with E-state index in [1.807, 2.05) is 0 Å². The highest BCUT2D eigenvalue weighted by molar-refractivity contribution is 5.49. The molecule has 1 saturated carbocycles. The molecule has 2 N–H and O–H groups in total. The van der Waals surface area contributed by atoms with Crippen molar-refractivity contribution < 1.29 is 10.2 Å². The summed E-state index contributed by atoms with van der Waals surface area (Å²) in [7, 11) is 0. The fraction of sp³-hybridized carbons (Fsp3) is 0.600. The van der Waals surface area contributed by atoms with Crippen LogP contribution in [0.3, 0.4) is 0 Å². The maximum atomic E-state index is 10.2. The van der Waals surface area contributed by atoms with Gasteiger partial charge in [-0.25, -0.2) is 0 Å². The molecule has 0 unspecified atom stereocenters. The number of phenols is 2. The Kier molecular flexibility index (Phi) is 2.64. The first kappa shape index (κ1) is 12.3. The van der Waals surface area contributed by atoms with Crippen LogP contribution in [-0.2, 0) is 5.41 Å². The average Bonchev–Trinajstić information content (AvgIpc) is 2.48. The summed E-state index contributed by atoms with van der Waals surface area (Å²) in [6, 6.07) is 3.42. The van der Waals surface area contributed by atoms with Crippen LogP contribution in [-0.4, -0.2) is 10.2 Å². The Morgan fingerprint density at radius 1 is 1.00 bits per heavy atom. The summed E-state index contributed by atoms with van der Waals surface area (Å²) in [5.74, 6) is 0.597.